The number of amides is 2. The largest absolute Gasteiger partial charge is 0.338 e. The van der Waals surface area contributed by atoms with Crippen LogP contribution in [0.25, 0.3) is 6.08 Å². The van der Waals surface area contributed by atoms with Gasteiger partial charge in [0.1, 0.15) is 11.1 Å². The molecule has 5 nitrogen and oxygen atoms in total. The van der Waals surface area contributed by atoms with Crippen molar-refractivity contribution in [1.82, 2.24) is 4.90 Å². The molecule has 0 aliphatic heterocycles. The lowest BCUT2D eigenvalue weighted by molar-refractivity contribution is -0.111. The summed E-state index contributed by atoms with van der Waals surface area (Å²) in [5, 5.41) is 12.7. The third kappa shape index (κ3) is 5.37. The number of nitrogens with zero attached hydrogens (tertiary/aromatic N) is 2. The van der Waals surface area contributed by atoms with Gasteiger partial charge in [0.25, 0.3) is 5.91 Å². The number of hydrogen-bond donors (Lipinski definition) is 1. The molecule has 0 unspecified atom stereocenters. The van der Waals surface area contributed by atoms with Gasteiger partial charge >= 0.3 is 0 Å². The van der Waals surface area contributed by atoms with Gasteiger partial charge in [0.05, 0.1) is 10.4 Å². The Morgan fingerprint density at radius 3 is 2.27 bits per heavy atom. The van der Waals surface area contributed by atoms with Crippen LogP contribution in [-0.4, -0.2) is 29.8 Å². The number of carbonyl (C=O) groups excluding carboxylic acids is 2. The number of carbonyl (C=O) groups is 2. The molecule has 2 aromatic rings. The highest BCUT2D eigenvalue weighted by atomic mass is 32.1. The van der Waals surface area contributed by atoms with Gasteiger partial charge in [0.15, 0.2) is 0 Å². The van der Waals surface area contributed by atoms with Crippen molar-refractivity contribution in [2.24, 2.45) is 0 Å². The average Bonchev–Trinajstić information content (AvgIpc) is 3.01. The van der Waals surface area contributed by atoms with E-state index >= 15 is 0 Å². The Labute approximate surface area is 183 Å². The number of anilines is 1. The first-order valence-electron chi connectivity index (χ1n) is 10.0. The van der Waals surface area contributed by atoms with Crippen LogP contribution in [0.15, 0.2) is 30.3 Å². The van der Waals surface area contributed by atoms with Crippen molar-refractivity contribution >= 4 is 34.2 Å². The first-order chi connectivity index (χ1) is 14.1. The fraction of sp³-hybridized carbons (Fsp3) is 0.375. The van der Waals surface area contributed by atoms with Crippen LogP contribution in [0.3, 0.4) is 0 Å². The van der Waals surface area contributed by atoms with Crippen LogP contribution < -0.4 is 5.32 Å². The molecule has 158 valence electrons. The van der Waals surface area contributed by atoms with E-state index in [1.54, 1.807) is 17.9 Å². The summed E-state index contributed by atoms with van der Waals surface area (Å²) in [5.41, 5.74) is 3.16. The van der Waals surface area contributed by atoms with Crippen LogP contribution in [0, 0.1) is 18.3 Å². The number of hydrogen-bond acceptors (Lipinski definition) is 4. The number of rotatable bonds is 6. The monoisotopic (exact) mass is 423 g/mol. The molecule has 1 aromatic carbocycles. The molecule has 0 saturated heterocycles. The van der Waals surface area contributed by atoms with Gasteiger partial charge in [-0.2, -0.15) is 5.26 Å². The van der Waals surface area contributed by atoms with Gasteiger partial charge in [-0.25, -0.2) is 0 Å². The lowest BCUT2D eigenvalue weighted by atomic mass is 9.87. The van der Waals surface area contributed by atoms with E-state index in [0.717, 1.165) is 16.9 Å². The van der Waals surface area contributed by atoms with Gasteiger partial charge in [-0.1, -0.05) is 45.0 Å². The molecular formula is C24H29N3O2S. The van der Waals surface area contributed by atoms with E-state index in [4.69, 9.17) is 0 Å². The molecule has 1 heterocycles. The zero-order chi connectivity index (χ0) is 22.5. The summed E-state index contributed by atoms with van der Waals surface area (Å²) in [7, 11) is 0. The summed E-state index contributed by atoms with van der Waals surface area (Å²) in [5.74, 6) is -0.455. The van der Waals surface area contributed by atoms with Crippen molar-refractivity contribution in [2.45, 2.75) is 47.0 Å². The number of nitrogens with one attached hydrogen (secondary N) is 1. The standard InChI is InChI=1S/C24H29N3O2S/c1-7-27(8-2)23(29)21-16(3)19(15-25)22(30-21)26-20(28)14-11-17-9-12-18(13-10-17)24(4,5)6/h9-14H,7-8H2,1-6H3,(H,26,28)/b14-11+. The van der Waals surface area contributed by atoms with Gasteiger partial charge in [-0.15, -0.1) is 11.3 Å². The highest BCUT2D eigenvalue weighted by Crippen LogP contribution is 2.33. The SMILES string of the molecule is CCN(CC)C(=O)c1sc(NC(=O)/C=C/c2ccc(C(C)(C)C)cc2)c(C#N)c1C. The molecular weight excluding hydrogens is 394 g/mol. The van der Waals surface area contributed by atoms with E-state index in [9.17, 15) is 14.9 Å². The summed E-state index contributed by atoms with van der Waals surface area (Å²) >= 11 is 1.15. The van der Waals surface area contributed by atoms with Crippen LogP contribution in [0.5, 0.6) is 0 Å². The van der Waals surface area contributed by atoms with Crippen LogP contribution in [0.1, 0.15) is 66.5 Å². The molecule has 0 radical (unpaired) electrons. The van der Waals surface area contributed by atoms with Crippen LogP contribution >= 0.6 is 11.3 Å². The predicted molar refractivity (Wildman–Crippen MR) is 124 cm³/mol. The van der Waals surface area contributed by atoms with Crippen molar-refractivity contribution in [3.8, 4) is 6.07 Å². The second-order valence-electron chi connectivity index (χ2n) is 8.04. The molecule has 2 amide bonds. The third-order valence-corrected chi connectivity index (χ3v) is 6.14. The summed E-state index contributed by atoms with van der Waals surface area (Å²) in [4.78, 5) is 27.3. The maximum absolute atomic E-state index is 12.7. The third-order valence-electron chi connectivity index (χ3n) is 4.94. The minimum Gasteiger partial charge on any atom is -0.338 e. The minimum absolute atomic E-state index is 0.0740. The van der Waals surface area contributed by atoms with Crippen LogP contribution in [-0.2, 0) is 10.2 Å². The van der Waals surface area contributed by atoms with Crippen molar-refractivity contribution < 1.29 is 9.59 Å². The molecule has 1 aromatic heterocycles. The van der Waals surface area contributed by atoms with Gasteiger partial charge < -0.3 is 10.2 Å². The Morgan fingerprint density at radius 1 is 1.17 bits per heavy atom. The van der Waals surface area contributed by atoms with Crippen molar-refractivity contribution in [2.75, 3.05) is 18.4 Å². The minimum atomic E-state index is -0.338. The molecule has 1 N–H and O–H groups in total. The summed E-state index contributed by atoms with van der Waals surface area (Å²) in [6.45, 7) is 13.2. The van der Waals surface area contributed by atoms with E-state index < -0.39 is 0 Å². The highest BCUT2D eigenvalue weighted by Gasteiger charge is 2.23. The predicted octanol–water partition coefficient (Wildman–Crippen LogP) is 5.36. The smallest absolute Gasteiger partial charge is 0.264 e. The second kappa shape index (κ2) is 9.73. The van der Waals surface area contributed by atoms with Gasteiger partial charge in [0.2, 0.25) is 5.91 Å². The zero-order valence-corrected chi connectivity index (χ0v) is 19.3. The van der Waals surface area contributed by atoms with E-state index in [1.807, 2.05) is 26.0 Å². The lowest BCUT2D eigenvalue weighted by Crippen LogP contribution is -2.30. The molecule has 0 spiro atoms. The van der Waals surface area contributed by atoms with Crippen molar-refractivity contribution in [3.63, 3.8) is 0 Å². The molecule has 0 fully saturated rings. The fourth-order valence-electron chi connectivity index (χ4n) is 3.01. The number of benzene rings is 1. The van der Waals surface area contributed by atoms with Gasteiger partial charge in [-0.05, 0) is 49.0 Å². The molecule has 0 aliphatic carbocycles. The first-order valence-corrected chi connectivity index (χ1v) is 10.9. The molecule has 30 heavy (non-hydrogen) atoms. The Bertz CT molecular complexity index is 985. The molecule has 0 bridgehead atoms. The topological polar surface area (TPSA) is 73.2 Å². The molecule has 0 aliphatic rings. The Morgan fingerprint density at radius 2 is 1.77 bits per heavy atom. The highest BCUT2D eigenvalue weighted by molar-refractivity contribution is 7.18. The maximum atomic E-state index is 12.7. The summed E-state index contributed by atoms with van der Waals surface area (Å²) < 4.78 is 0. The molecule has 0 atom stereocenters. The Hall–Kier alpha value is -2.91. The molecule has 2 rings (SSSR count). The van der Waals surface area contributed by atoms with Gasteiger partial charge in [0, 0.05) is 19.2 Å². The van der Waals surface area contributed by atoms with Crippen molar-refractivity contribution in [1.29, 1.82) is 5.26 Å². The van der Waals surface area contributed by atoms with E-state index in [0.29, 0.717) is 34.1 Å². The number of thiophene rings is 1. The fourth-order valence-corrected chi connectivity index (χ4v) is 4.14. The van der Waals surface area contributed by atoms with Crippen molar-refractivity contribution in [3.05, 3.63) is 57.5 Å². The van der Waals surface area contributed by atoms with Crippen LogP contribution in [0.2, 0.25) is 0 Å². The molecule has 0 saturated carbocycles. The number of nitriles is 1. The van der Waals surface area contributed by atoms with E-state index in [1.165, 1.54) is 11.6 Å². The normalized spacial score (nSPS) is 11.4. The maximum Gasteiger partial charge on any atom is 0.264 e. The lowest BCUT2D eigenvalue weighted by Gasteiger charge is -2.18. The quantitative estimate of drug-likeness (QED) is 0.636. The second-order valence-corrected chi connectivity index (χ2v) is 9.06. The summed E-state index contributed by atoms with van der Waals surface area (Å²) in [6.07, 6.45) is 3.17. The Balaban J connectivity index is 2.18. The molecule has 6 heteroatoms. The Kier molecular flexibility index (Phi) is 7.58. The first kappa shape index (κ1) is 23.4. The van der Waals surface area contributed by atoms with E-state index in [-0.39, 0.29) is 17.2 Å². The van der Waals surface area contributed by atoms with Gasteiger partial charge in [-0.3, -0.25) is 9.59 Å². The van der Waals surface area contributed by atoms with Crippen LogP contribution in [0.4, 0.5) is 5.00 Å². The average molecular weight is 424 g/mol. The van der Waals surface area contributed by atoms with E-state index in [2.05, 4.69) is 44.3 Å². The summed E-state index contributed by atoms with van der Waals surface area (Å²) in [6, 6.07) is 10.2. The zero-order valence-electron chi connectivity index (χ0n) is 18.5.